The third-order valence-electron chi connectivity index (χ3n) is 3.80. The van der Waals surface area contributed by atoms with Crippen molar-refractivity contribution in [2.24, 2.45) is 5.92 Å². The predicted molar refractivity (Wildman–Crippen MR) is 69.8 cm³/mol. The van der Waals surface area contributed by atoms with Crippen LogP contribution in [0, 0.1) is 5.92 Å². The van der Waals surface area contributed by atoms with Gasteiger partial charge in [0.1, 0.15) is 0 Å². The van der Waals surface area contributed by atoms with E-state index in [0.29, 0.717) is 0 Å². The number of aryl methyl sites for hydroxylation is 1. The van der Waals surface area contributed by atoms with Gasteiger partial charge in [-0.05, 0) is 55.8 Å². The third kappa shape index (κ3) is 2.46. The van der Waals surface area contributed by atoms with Crippen LogP contribution in [-0.2, 0) is 6.42 Å². The normalized spacial score (nSPS) is 24.1. The minimum atomic E-state index is 0.809. The van der Waals surface area contributed by atoms with E-state index in [0.717, 1.165) is 11.8 Å². The second-order valence-corrected chi connectivity index (χ2v) is 5.00. The molecule has 1 nitrogen and oxygen atoms in total. The molecule has 88 valence electrons. The molecular weight excluding hydrogens is 194 g/mol. The van der Waals surface area contributed by atoms with E-state index in [-0.39, 0.29) is 0 Å². The molecular formula is C15H23N. The third-order valence-corrected chi connectivity index (χ3v) is 3.80. The van der Waals surface area contributed by atoms with Crippen LogP contribution >= 0.6 is 0 Å². The molecule has 2 unspecified atom stereocenters. The summed E-state index contributed by atoms with van der Waals surface area (Å²) in [5, 5.41) is 3.31. The lowest BCUT2D eigenvalue weighted by molar-refractivity contribution is 0.250. The van der Waals surface area contributed by atoms with E-state index in [9.17, 15) is 0 Å². The molecule has 1 heteroatoms. The zero-order valence-corrected chi connectivity index (χ0v) is 10.5. The van der Waals surface area contributed by atoms with Gasteiger partial charge in [-0.25, -0.2) is 0 Å². The van der Waals surface area contributed by atoms with Crippen molar-refractivity contribution in [3.63, 3.8) is 0 Å². The van der Waals surface area contributed by atoms with Crippen LogP contribution in [0.1, 0.15) is 43.2 Å². The van der Waals surface area contributed by atoms with Gasteiger partial charge in [0, 0.05) is 0 Å². The maximum atomic E-state index is 3.31. The summed E-state index contributed by atoms with van der Waals surface area (Å²) in [6.45, 7) is 3.42. The fourth-order valence-electron chi connectivity index (χ4n) is 2.78. The highest BCUT2D eigenvalue weighted by Crippen LogP contribution is 2.42. The molecule has 1 aliphatic rings. The molecule has 0 amide bonds. The Bertz CT molecular complexity index is 332. The summed E-state index contributed by atoms with van der Waals surface area (Å²) >= 11 is 0. The summed E-state index contributed by atoms with van der Waals surface area (Å²) < 4.78 is 0. The van der Waals surface area contributed by atoms with Crippen LogP contribution in [0.5, 0.6) is 0 Å². The van der Waals surface area contributed by atoms with Gasteiger partial charge in [-0.1, -0.05) is 37.6 Å². The van der Waals surface area contributed by atoms with Crippen LogP contribution in [0.4, 0.5) is 0 Å². The number of rotatable bonds is 5. The second-order valence-electron chi connectivity index (χ2n) is 5.00. The fourth-order valence-corrected chi connectivity index (χ4v) is 2.78. The molecule has 2 rings (SSSR count). The van der Waals surface area contributed by atoms with Crippen molar-refractivity contribution in [1.29, 1.82) is 0 Å². The van der Waals surface area contributed by atoms with E-state index >= 15 is 0 Å². The molecule has 2 atom stereocenters. The maximum Gasteiger partial charge on any atom is -0.00177 e. The summed E-state index contributed by atoms with van der Waals surface area (Å²) in [5.74, 6) is 1.67. The van der Waals surface area contributed by atoms with E-state index in [1.807, 2.05) is 0 Å². The van der Waals surface area contributed by atoms with Crippen LogP contribution in [0.25, 0.3) is 0 Å². The number of benzene rings is 1. The molecule has 16 heavy (non-hydrogen) atoms. The van der Waals surface area contributed by atoms with Crippen LogP contribution in [0.2, 0.25) is 0 Å². The van der Waals surface area contributed by atoms with Gasteiger partial charge in [0.15, 0.2) is 0 Å². The second kappa shape index (κ2) is 5.49. The van der Waals surface area contributed by atoms with Gasteiger partial charge >= 0.3 is 0 Å². The van der Waals surface area contributed by atoms with Gasteiger partial charge < -0.3 is 5.32 Å². The Morgan fingerprint density at radius 1 is 1.31 bits per heavy atom. The SMILES string of the molecule is CCCc1cccc(C2CCC2CNC)c1. The monoisotopic (exact) mass is 217 g/mol. The van der Waals surface area contributed by atoms with Gasteiger partial charge in [0.2, 0.25) is 0 Å². The summed E-state index contributed by atoms with van der Waals surface area (Å²) in [5.41, 5.74) is 3.08. The molecule has 0 aliphatic heterocycles. The Balaban J connectivity index is 2.05. The summed E-state index contributed by atoms with van der Waals surface area (Å²) in [6.07, 6.45) is 5.23. The highest BCUT2D eigenvalue weighted by molar-refractivity contribution is 5.28. The van der Waals surface area contributed by atoms with Gasteiger partial charge in [0.05, 0.1) is 0 Å². The molecule has 0 bridgehead atoms. The largest absolute Gasteiger partial charge is 0.319 e. The van der Waals surface area contributed by atoms with Crippen LogP contribution in [0.15, 0.2) is 24.3 Å². The fraction of sp³-hybridized carbons (Fsp3) is 0.600. The quantitative estimate of drug-likeness (QED) is 0.797. The Kier molecular flexibility index (Phi) is 4.00. The van der Waals surface area contributed by atoms with Gasteiger partial charge in [-0.3, -0.25) is 0 Å². The first-order valence-corrected chi connectivity index (χ1v) is 6.58. The van der Waals surface area contributed by atoms with Crippen LogP contribution in [0.3, 0.4) is 0 Å². The Morgan fingerprint density at radius 3 is 2.81 bits per heavy atom. The smallest absolute Gasteiger partial charge is 0.00177 e. The molecule has 0 spiro atoms. The first-order valence-electron chi connectivity index (χ1n) is 6.58. The van der Waals surface area contributed by atoms with Crippen molar-refractivity contribution in [1.82, 2.24) is 5.32 Å². The summed E-state index contributed by atoms with van der Waals surface area (Å²) in [4.78, 5) is 0. The minimum Gasteiger partial charge on any atom is -0.319 e. The van der Waals surface area contributed by atoms with Crippen LogP contribution < -0.4 is 5.32 Å². The average Bonchev–Trinajstić information content (AvgIpc) is 2.25. The lowest BCUT2D eigenvalue weighted by Gasteiger charge is -2.37. The molecule has 1 aromatic rings. The van der Waals surface area contributed by atoms with E-state index < -0.39 is 0 Å². The molecule has 1 N–H and O–H groups in total. The first kappa shape index (κ1) is 11.7. The lowest BCUT2D eigenvalue weighted by atomic mass is 9.70. The maximum absolute atomic E-state index is 3.31. The van der Waals surface area contributed by atoms with Gasteiger partial charge in [-0.2, -0.15) is 0 Å². The predicted octanol–water partition coefficient (Wildman–Crippen LogP) is 3.35. The number of hydrogen-bond acceptors (Lipinski definition) is 1. The van der Waals surface area contributed by atoms with Crippen molar-refractivity contribution < 1.29 is 0 Å². The Morgan fingerprint density at radius 2 is 2.19 bits per heavy atom. The average molecular weight is 217 g/mol. The molecule has 1 fully saturated rings. The zero-order chi connectivity index (χ0) is 11.4. The molecule has 0 aromatic heterocycles. The highest BCUT2D eigenvalue weighted by Gasteiger charge is 2.31. The number of hydrogen-bond donors (Lipinski definition) is 1. The van der Waals surface area contributed by atoms with Crippen molar-refractivity contribution >= 4 is 0 Å². The van der Waals surface area contributed by atoms with Gasteiger partial charge in [-0.15, -0.1) is 0 Å². The minimum absolute atomic E-state index is 0.809. The van der Waals surface area contributed by atoms with E-state index in [1.54, 1.807) is 5.56 Å². The van der Waals surface area contributed by atoms with E-state index in [1.165, 1.54) is 37.8 Å². The number of nitrogens with one attached hydrogen (secondary N) is 1. The van der Waals surface area contributed by atoms with Crippen molar-refractivity contribution in [2.75, 3.05) is 13.6 Å². The summed E-state index contributed by atoms with van der Waals surface area (Å²) in [7, 11) is 2.06. The van der Waals surface area contributed by atoms with E-state index in [2.05, 4.69) is 43.6 Å². The topological polar surface area (TPSA) is 12.0 Å². The highest BCUT2D eigenvalue weighted by atomic mass is 14.8. The Labute approximate surface area is 99.3 Å². The molecule has 1 aromatic carbocycles. The lowest BCUT2D eigenvalue weighted by Crippen LogP contribution is -2.32. The van der Waals surface area contributed by atoms with Crippen molar-refractivity contribution in [3.05, 3.63) is 35.4 Å². The van der Waals surface area contributed by atoms with Crippen molar-refractivity contribution in [3.8, 4) is 0 Å². The zero-order valence-electron chi connectivity index (χ0n) is 10.5. The molecule has 0 saturated heterocycles. The summed E-state index contributed by atoms with van der Waals surface area (Å²) in [6, 6.07) is 9.23. The van der Waals surface area contributed by atoms with E-state index in [4.69, 9.17) is 0 Å². The molecule has 0 radical (unpaired) electrons. The first-order chi connectivity index (χ1) is 7.85. The Hall–Kier alpha value is -0.820. The standard InChI is InChI=1S/C15H23N/c1-3-5-12-6-4-7-13(10-12)15-9-8-14(15)11-16-2/h4,6-7,10,14-16H,3,5,8-9,11H2,1-2H3. The van der Waals surface area contributed by atoms with Crippen LogP contribution in [-0.4, -0.2) is 13.6 Å². The molecule has 0 heterocycles. The van der Waals surface area contributed by atoms with Crippen molar-refractivity contribution in [2.45, 2.75) is 38.5 Å². The van der Waals surface area contributed by atoms with Gasteiger partial charge in [0.25, 0.3) is 0 Å². The molecule has 1 aliphatic carbocycles. The molecule has 1 saturated carbocycles.